The van der Waals surface area contributed by atoms with E-state index in [4.69, 9.17) is 4.74 Å². The van der Waals surface area contributed by atoms with E-state index in [2.05, 4.69) is 40.7 Å². The van der Waals surface area contributed by atoms with E-state index in [0.29, 0.717) is 27.0 Å². The molecule has 1 aliphatic heterocycles. The normalized spacial score (nSPS) is 21.0. The molecule has 0 unspecified atom stereocenters. The van der Waals surface area contributed by atoms with Gasteiger partial charge in [-0.15, -0.1) is 22.7 Å². The summed E-state index contributed by atoms with van der Waals surface area (Å²) in [4.78, 5) is 48.3. The number of benzene rings is 1. The van der Waals surface area contributed by atoms with Crippen LogP contribution in [0, 0.1) is 6.92 Å². The van der Waals surface area contributed by atoms with Gasteiger partial charge in [-0.25, -0.2) is 14.8 Å². The van der Waals surface area contributed by atoms with Crippen molar-refractivity contribution in [3.63, 3.8) is 0 Å². The largest absolute Gasteiger partial charge is 0.496 e. The molecule has 1 fully saturated rings. The SMILES string of the molecule is COc1cc(C(=O)N2[C@@H](c3ncc(C)s3)[C@@H](c3cnccn3)C[C@@]2(Cc2nccs2)C(=O)O)ccc1C(C)(C)C. The Labute approximate surface area is 240 Å². The highest BCUT2D eigenvalue weighted by atomic mass is 32.1. The second-order valence-corrected chi connectivity index (χ2v) is 13.2. The molecular formula is C29H31N5O4S2. The highest BCUT2D eigenvalue weighted by Gasteiger charge is 2.60. The quantitative estimate of drug-likeness (QED) is 0.308. The summed E-state index contributed by atoms with van der Waals surface area (Å²) in [6, 6.07) is 4.67. The van der Waals surface area contributed by atoms with Gasteiger partial charge in [0.1, 0.15) is 16.3 Å². The number of rotatable bonds is 7. The Morgan fingerprint density at radius 3 is 2.52 bits per heavy atom. The zero-order valence-electron chi connectivity index (χ0n) is 23.0. The maximum atomic E-state index is 14.6. The molecule has 4 heterocycles. The Morgan fingerprint density at radius 2 is 1.95 bits per heavy atom. The summed E-state index contributed by atoms with van der Waals surface area (Å²) in [5.74, 6) is -1.39. The van der Waals surface area contributed by atoms with E-state index >= 15 is 0 Å². The van der Waals surface area contributed by atoms with Gasteiger partial charge in [-0.2, -0.15) is 0 Å². The van der Waals surface area contributed by atoms with Crippen LogP contribution in [0.1, 0.15) is 75.7 Å². The van der Waals surface area contributed by atoms with Crippen LogP contribution in [0.15, 0.2) is 54.6 Å². The average Bonchev–Trinajstić information content (AvgIpc) is 3.67. The van der Waals surface area contributed by atoms with Crippen molar-refractivity contribution in [3.05, 3.63) is 86.3 Å². The van der Waals surface area contributed by atoms with Crippen LogP contribution in [-0.4, -0.2) is 54.5 Å². The van der Waals surface area contributed by atoms with Gasteiger partial charge in [-0.3, -0.25) is 14.8 Å². The topological polar surface area (TPSA) is 118 Å². The molecule has 1 aliphatic rings. The number of carboxylic acids is 1. The molecule has 1 N–H and O–H groups in total. The number of likely N-dealkylation sites (tertiary alicyclic amines) is 1. The minimum absolute atomic E-state index is 0.0561. The Hall–Kier alpha value is -3.70. The van der Waals surface area contributed by atoms with Crippen LogP contribution < -0.4 is 4.74 Å². The van der Waals surface area contributed by atoms with E-state index in [1.165, 1.54) is 27.6 Å². The molecule has 1 amide bonds. The second-order valence-electron chi connectivity index (χ2n) is 11.0. The van der Waals surface area contributed by atoms with Crippen molar-refractivity contribution in [1.82, 2.24) is 24.8 Å². The third-order valence-electron chi connectivity index (χ3n) is 7.33. The van der Waals surface area contributed by atoms with E-state index < -0.39 is 29.4 Å². The fourth-order valence-electron chi connectivity index (χ4n) is 5.50. The minimum Gasteiger partial charge on any atom is -0.496 e. The fourth-order valence-corrected chi connectivity index (χ4v) is 7.15. The number of amides is 1. The van der Waals surface area contributed by atoms with E-state index in [9.17, 15) is 14.7 Å². The summed E-state index contributed by atoms with van der Waals surface area (Å²) < 4.78 is 5.69. The summed E-state index contributed by atoms with van der Waals surface area (Å²) in [6.07, 6.45) is 8.39. The first-order valence-corrected chi connectivity index (χ1v) is 14.6. The molecule has 0 aliphatic carbocycles. The van der Waals surface area contributed by atoms with Gasteiger partial charge in [0.15, 0.2) is 0 Å². The molecule has 3 aromatic heterocycles. The van der Waals surface area contributed by atoms with E-state index in [0.717, 1.165) is 10.4 Å². The molecule has 0 spiro atoms. The molecule has 208 valence electrons. The number of carbonyl (C=O) groups excluding carboxylic acids is 1. The Bertz CT molecular complexity index is 1520. The van der Waals surface area contributed by atoms with Gasteiger partial charge in [-0.05, 0) is 36.5 Å². The van der Waals surface area contributed by atoms with Crippen LogP contribution in [0.3, 0.4) is 0 Å². The molecule has 0 radical (unpaired) electrons. The number of thiazole rings is 2. The van der Waals surface area contributed by atoms with Gasteiger partial charge < -0.3 is 14.7 Å². The summed E-state index contributed by atoms with van der Waals surface area (Å²) in [5.41, 5.74) is 0.0875. The number of carboxylic acid groups (broad SMARTS) is 1. The highest BCUT2D eigenvalue weighted by Crippen LogP contribution is 2.54. The summed E-state index contributed by atoms with van der Waals surface area (Å²) in [5, 5.41) is 14.0. The number of aryl methyl sites for hydroxylation is 1. The predicted molar refractivity (Wildman–Crippen MR) is 153 cm³/mol. The molecule has 4 aromatic rings. The molecule has 0 bridgehead atoms. The van der Waals surface area contributed by atoms with Gasteiger partial charge in [0.25, 0.3) is 5.91 Å². The predicted octanol–water partition coefficient (Wildman–Crippen LogP) is 5.44. The molecule has 40 heavy (non-hydrogen) atoms. The van der Waals surface area contributed by atoms with Crippen LogP contribution in [0.2, 0.25) is 0 Å². The van der Waals surface area contributed by atoms with Crippen molar-refractivity contribution in [3.8, 4) is 5.75 Å². The highest BCUT2D eigenvalue weighted by molar-refractivity contribution is 7.11. The smallest absolute Gasteiger partial charge is 0.330 e. The summed E-state index contributed by atoms with van der Waals surface area (Å²) >= 11 is 2.82. The Balaban J connectivity index is 1.73. The maximum absolute atomic E-state index is 14.6. The Morgan fingerprint density at radius 1 is 1.15 bits per heavy atom. The summed E-state index contributed by atoms with van der Waals surface area (Å²) in [7, 11) is 1.57. The first kappa shape index (κ1) is 27.9. The molecule has 3 atom stereocenters. The second kappa shape index (κ2) is 10.7. The number of hydrogen-bond acceptors (Lipinski definition) is 9. The van der Waals surface area contributed by atoms with Crippen LogP contribution in [0.4, 0.5) is 0 Å². The van der Waals surface area contributed by atoms with E-state index in [1.54, 1.807) is 50.2 Å². The third-order valence-corrected chi connectivity index (χ3v) is 9.10. The zero-order chi connectivity index (χ0) is 28.7. The van der Waals surface area contributed by atoms with Crippen LogP contribution >= 0.6 is 22.7 Å². The Kier molecular flexibility index (Phi) is 7.45. The number of ether oxygens (including phenoxy) is 1. The van der Waals surface area contributed by atoms with Crippen molar-refractivity contribution in [2.45, 2.75) is 63.5 Å². The maximum Gasteiger partial charge on any atom is 0.330 e. The van der Waals surface area contributed by atoms with Crippen molar-refractivity contribution in [1.29, 1.82) is 0 Å². The van der Waals surface area contributed by atoms with Crippen molar-refractivity contribution < 1.29 is 19.4 Å². The van der Waals surface area contributed by atoms with Crippen molar-refractivity contribution in [2.24, 2.45) is 0 Å². The van der Waals surface area contributed by atoms with Crippen LogP contribution in [-0.2, 0) is 16.6 Å². The fraction of sp³-hybridized carbons (Fsp3) is 0.379. The molecule has 5 rings (SSSR count). The zero-order valence-corrected chi connectivity index (χ0v) is 24.6. The molecular weight excluding hydrogens is 546 g/mol. The van der Waals surface area contributed by atoms with Crippen molar-refractivity contribution in [2.75, 3.05) is 7.11 Å². The lowest BCUT2D eigenvalue weighted by Crippen LogP contribution is -2.55. The van der Waals surface area contributed by atoms with Crippen LogP contribution in [0.5, 0.6) is 5.75 Å². The third kappa shape index (κ3) is 4.99. The number of methoxy groups -OCH3 is 1. The summed E-state index contributed by atoms with van der Waals surface area (Å²) in [6.45, 7) is 8.16. The van der Waals surface area contributed by atoms with Gasteiger partial charge in [-0.1, -0.05) is 26.8 Å². The number of nitrogens with zero attached hydrogens (tertiary/aromatic N) is 5. The number of aromatic nitrogens is 4. The first-order chi connectivity index (χ1) is 19.0. The number of aliphatic carboxylic acids is 1. The monoisotopic (exact) mass is 577 g/mol. The first-order valence-electron chi connectivity index (χ1n) is 12.9. The lowest BCUT2D eigenvalue weighted by atomic mass is 9.85. The standard InChI is InChI=1S/C29H31N5O4S2/c1-17-15-33-25(40-17)24-19(21-16-30-8-9-31-21)13-29(27(36)37,14-23-32-10-11-39-23)34(24)26(35)18-6-7-20(28(2,3)4)22(12-18)38-5/h6-12,15-16,19,24H,13-14H2,1-5H3,(H,36,37)/t19-,24-,29-/m1/s1. The van der Waals surface area contributed by atoms with Gasteiger partial charge in [0.2, 0.25) is 0 Å². The van der Waals surface area contributed by atoms with Crippen molar-refractivity contribution >= 4 is 34.6 Å². The van der Waals surface area contributed by atoms with E-state index in [-0.39, 0.29) is 18.3 Å². The molecule has 1 aromatic carbocycles. The molecule has 11 heteroatoms. The molecule has 9 nitrogen and oxygen atoms in total. The number of hydrogen-bond donors (Lipinski definition) is 1. The van der Waals surface area contributed by atoms with Gasteiger partial charge in [0.05, 0.1) is 23.9 Å². The molecule has 1 saturated heterocycles. The lowest BCUT2D eigenvalue weighted by Gasteiger charge is -2.37. The molecule has 0 saturated carbocycles. The van der Waals surface area contributed by atoms with Gasteiger partial charge >= 0.3 is 5.97 Å². The van der Waals surface area contributed by atoms with Gasteiger partial charge in [0, 0.05) is 59.1 Å². The lowest BCUT2D eigenvalue weighted by molar-refractivity contribution is -0.149. The van der Waals surface area contributed by atoms with E-state index in [1.807, 2.05) is 18.4 Å². The minimum atomic E-state index is -1.60. The average molecular weight is 578 g/mol. The number of carbonyl (C=O) groups is 2. The van der Waals surface area contributed by atoms with Crippen LogP contribution in [0.25, 0.3) is 0 Å².